The number of aryl methyl sites for hydroxylation is 1. The number of hydrogen-bond donors (Lipinski definition) is 2. The molecule has 0 aromatic heterocycles. The van der Waals surface area contributed by atoms with Crippen LogP contribution in [0.5, 0.6) is 11.5 Å². The third-order valence-electron chi connectivity index (χ3n) is 3.74. The van der Waals surface area contributed by atoms with E-state index in [0.29, 0.717) is 36.1 Å². The van der Waals surface area contributed by atoms with Gasteiger partial charge in [-0.05, 0) is 61.0 Å². The fraction of sp³-hybridized carbons (Fsp3) is 0.278. The first-order chi connectivity index (χ1) is 11.6. The van der Waals surface area contributed by atoms with Crippen LogP contribution in [0.4, 0.5) is 10.1 Å². The average molecular weight is 346 g/mol. The Morgan fingerprint density at radius 3 is 2.71 bits per heavy atom. The second kappa shape index (κ2) is 7.49. The van der Waals surface area contributed by atoms with Crippen LogP contribution in [0, 0.1) is 12.7 Å². The van der Waals surface area contributed by atoms with E-state index in [-0.39, 0.29) is 5.82 Å². The Hall–Kier alpha value is -2.34. The van der Waals surface area contributed by atoms with Gasteiger partial charge in [0, 0.05) is 12.2 Å². The lowest BCUT2D eigenvalue weighted by molar-refractivity contribution is 0.171. The van der Waals surface area contributed by atoms with E-state index < -0.39 is 0 Å². The molecule has 0 bridgehead atoms. The summed E-state index contributed by atoms with van der Waals surface area (Å²) in [7, 11) is 0. The summed E-state index contributed by atoms with van der Waals surface area (Å²) in [6.45, 7) is 3.56. The minimum Gasteiger partial charge on any atom is -0.486 e. The maximum atomic E-state index is 13.5. The summed E-state index contributed by atoms with van der Waals surface area (Å²) >= 11 is 5.24. The topological polar surface area (TPSA) is 42.5 Å². The van der Waals surface area contributed by atoms with Gasteiger partial charge in [0.05, 0.1) is 0 Å². The van der Waals surface area contributed by atoms with Crippen molar-refractivity contribution in [3.63, 3.8) is 0 Å². The SMILES string of the molecule is Cc1ccc(NC(=S)NCCc2ccc3c(c2)OCCO3)cc1F. The van der Waals surface area contributed by atoms with Gasteiger partial charge in [-0.3, -0.25) is 0 Å². The molecule has 1 aliphatic heterocycles. The number of anilines is 1. The molecule has 0 radical (unpaired) electrons. The molecule has 0 saturated heterocycles. The molecule has 6 heteroatoms. The minimum atomic E-state index is -0.251. The van der Waals surface area contributed by atoms with Gasteiger partial charge < -0.3 is 20.1 Å². The molecule has 0 unspecified atom stereocenters. The van der Waals surface area contributed by atoms with Crippen molar-refractivity contribution in [3.05, 3.63) is 53.3 Å². The molecule has 4 nitrogen and oxygen atoms in total. The maximum absolute atomic E-state index is 13.5. The van der Waals surface area contributed by atoms with E-state index in [2.05, 4.69) is 10.6 Å². The lowest BCUT2D eigenvalue weighted by Gasteiger charge is -2.19. The molecule has 2 N–H and O–H groups in total. The Morgan fingerprint density at radius 2 is 1.92 bits per heavy atom. The molecule has 0 atom stereocenters. The Balaban J connectivity index is 1.49. The molecule has 1 aliphatic rings. The van der Waals surface area contributed by atoms with E-state index in [4.69, 9.17) is 21.7 Å². The lowest BCUT2D eigenvalue weighted by Crippen LogP contribution is -2.30. The van der Waals surface area contributed by atoms with Crippen molar-refractivity contribution < 1.29 is 13.9 Å². The van der Waals surface area contributed by atoms with Gasteiger partial charge in [-0.2, -0.15) is 0 Å². The van der Waals surface area contributed by atoms with Gasteiger partial charge in [0.25, 0.3) is 0 Å². The van der Waals surface area contributed by atoms with Crippen molar-refractivity contribution in [1.29, 1.82) is 0 Å². The van der Waals surface area contributed by atoms with Crippen LogP contribution in [0.1, 0.15) is 11.1 Å². The molecular weight excluding hydrogens is 327 g/mol. The third-order valence-corrected chi connectivity index (χ3v) is 3.98. The second-order valence-corrected chi connectivity index (χ2v) is 5.98. The number of halogens is 1. The van der Waals surface area contributed by atoms with Crippen LogP contribution in [0.25, 0.3) is 0 Å². The molecular formula is C18H19FN2O2S. The predicted octanol–water partition coefficient (Wildman–Crippen LogP) is 3.43. The van der Waals surface area contributed by atoms with E-state index in [1.165, 1.54) is 6.07 Å². The molecule has 126 valence electrons. The Kier molecular flexibility index (Phi) is 5.15. The zero-order chi connectivity index (χ0) is 16.9. The predicted molar refractivity (Wildman–Crippen MR) is 96.5 cm³/mol. The van der Waals surface area contributed by atoms with Gasteiger partial charge in [-0.1, -0.05) is 12.1 Å². The summed E-state index contributed by atoms with van der Waals surface area (Å²) in [5.41, 5.74) is 2.38. The Labute approximate surface area is 146 Å². The molecule has 0 saturated carbocycles. The van der Waals surface area contributed by atoms with Crippen LogP contribution in [-0.4, -0.2) is 24.9 Å². The quantitative estimate of drug-likeness (QED) is 0.830. The summed E-state index contributed by atoms with van der Waals surface area (Å²) in [5, 5.41) is 6.57. The smallest absolute Gasteiger partial charge is 0.170 e. The first kappa shape index (κ1) is 16.5. The standard InChI is InChI=1S/C18H19FN2O2S/c1-12-2-4-14(11-15(12)19)21-18(24)20-7-6-13-3-5-16-17(10-13)23-9-8-22-16/h2-5,10-11H,6-9H2,1H3,(H2,20,21,24). The van der Waals surface area contributed by atoms with Gasteiger partial charge in [-0.15, -0.1) is 0 Å². The van der Waals surface area contributed by atoms with Crippen LogP contribution < -0.4 is 20.1 Å². The summed E-state index contributed by atoms with van der Waals surface area (Å²) in [6, 6.07) is 10.9. The largest absolute Gasteiger partial charge is 0.486 e. The van der Waals surface area contributed by atoms with Gasteiger partial charge >= 0.3 is 0 Å². The number of fused-ring (bicyclic) bond motifs is 1. The third kappa shape index (κ3) is 4.14. The minimum absolute atomic E-state index is 0.251. The fourth-order valence-electron chi connectivity index (χ4n) is 2.41. The first-order valence-corrected chi connectivity index (χ1v) is 8.22. The van der Waals surface area contributed by atoms with Gasteiger partial charge in [0.2, 0.25) is 0 Å². The molecule has 24 heavy (non-hydrogen) atoms. The Bertz CT molecular complexity index is 752. The van der Waals surface area contributed by atoms with Crippen LogP contribution in [0.2, 0.25) is 0 Å². The normalized spacial score (nSPS) is 12.6. The molecule has 1 heterocycles. The van der Waals surface area contributed by atoms with Gasteiger partial charge in [0.15, 0.2) is 16.6 Å². The molecule has 2 aromatic carbocycles. The number of benzene rings is 2. The first-order valence-electron chi connectivity index (χ1n) is 7.81. The van der Waals surface area contributed by atoms with Crippen LogP contribution in [0.15, 0.2) is 36.4 Å². The summed E-state index contributed by atoms with van der Waals surface area (Å²) < 4.78 is 24.6. The van der Waals surface area contributed by atoms with Gasteiger partial charge in [-0.25, -0.2) is 4.39 Å². The highest BCUT2D eigenvalue weighted by atomic mass is 32.1. The van der Waals surface area contributed by atoms with Gasteiger partial charge in [0.1, 0.15) is 19.0 Å². The molecule has 3 rings (SSSR count). The molecule has 0 fully saturated rings. The van der Waals surface area contributed by atoms with E-state index in [1.807, 2.05) is 18.2 Å². The van der Waals surface area contributed by atoms with Crippen LogP contribution in [0.3, 0.4) is 0 Å². The number of nitrogens with one attached hydrogen (secondary N) is 2. The van der Waals surface area contributed by atoms with Crippen molar-refractivity contribution in [3.8, 4) is 11.5 Å². The maximum Gasteiger partial charge on any atom is 0.170 e. The van der Waals surface area contributed by atoms with E-state index >= 15 is 0 Å². The van der Waals surface area contributed by atoms with Crippen LogP contribution >= 0.6 is 12.2 Å². The summed E-state index contributed by atoms with van der Waals surface area (Å²) in [4.78, 5) is 0. The summed E-state index contributed by atoms with van der Waals surface area (Å²) in [5.74, 6) is 1.32. The van der Waals surface area contributed by atoms with Crippen molar-refractivity contribution in [2.45, 2.75) is 13.3 Å². The highest BCUT2D eigenvalue weighted by molar-refractivity contribution is 7.80. The average Bonchev–Trinajstić information content (AvgIpc) is 2.58. The number of ether oxygens (including phenoxy) is 2. The number of rotatable bonds is 4. The molecule has 2 aromatic rings. The van der Waals surface area contributed by atoms with E-state index in [1.54, 1.807) is 19.1 Å². The molecule has 0 amide bonds. The van der Waals surface area contributed by atoms with Crippen molar-refractivity contribution >= 4 is 23.0 Å². The van der Waals surface area contributed by atoms with Crippen molar-refractivity contribution in [2.24, 2.45) is 0 Å². The second-order valence-electron chi connectivity index (χ2n) is 5.57. The van der Waals surface area contributed by atoms with Crippen LogP contribution in [-0.2, 0) is 6.42 Å². The van der Waals surface area contributed by atoms with E-state index in [0.717, 1.165) is 23.5 Å². The zero-order valence-corrected chi connectivity index (χ0v) is 14.2. The highest BCUT2D eigenvalue weighted by Crippen LogP contribution is 2.30. The van der Waals surface area contributed by atoms with Crippen molar-refractivity contribution in [2.75, 3.05) is 25.1 Å². The molecule has 0 aliphatic carbocycles. The van der Waals surface area contributed by atoms with Crippen molar-refractivity contribution in [1.82, 2.24) is 5.32 Å². The molecule has 0 spiro atoms. The zero-order valence-electron chi connectivity index (χ0n) is 13.4. The van der Waals surface area contributed by atoms with E-state index in [9.17, 15) is 4.39 Å². The highest BCUT2D eigenvalue weighted by Gasteiger charge is 2.11. The lowest BCUT2D eigenvalue weighted by atomic mass is 10.1. The monoisotopic (exact) mass is 346 g/mol. The summed E-state index contributed by atoms with van der Waals surface area (Å²) in [6.07, 6.45) is 0.792. The number of thiocarbonyl (C=S) groups is 1. The number of hydrogen-bond acceptors (Lipinski definition) is 3. The fourth-order valence-corrected chi connectivity index (χ4v) is 2.63. The Morgan fingerprint density at radius 1 is 1.12 bits per heavy atom.